The highest BCUT2D eigenvalue weighted by molar-refractivity contribution is 6.39. The summed E-state index contributed by atoms with van der Waals surface area (Å²) >= 11 is 13.5. The normalized spacial score (nSPS) is 18.3. The van der Waals surface area contributed by atoms with Gasteiger partial charge in [0.2, 0.25) is 5.95 Å². The lowest BCUT2D eigenvalue weighted by molar-refractivity contribution is 0.411. The number of pyridine rings is 1. The van der Waals surface area contributed by atoms with Gasteiger partial charge in [0.25, 0.3) is 5.56 Å². The van der Waals surface area contributed by atoms with Gasteiger partial charge in [-0.3, -0.25) is 9.36 Å². The maximum Gasteiger partial charge on any atom is 0.260 e. The predicted molar refractivity (Wildman–Crippen MR) is 161 cm³/mol. The smallest absolute Gasteiger partial charge is 0.260 e. The zero-order chi connectivity index (χ0) is 27.1. The number of nitrogens with zero attached hydrogens (tertiary/aromatic N) is 4. The number of hydrogen-bond donors (Lipinski definition) is 1. The monoisotopic (exact) mass is 561 g/mol. The number of rotatable bonds is 6. The molecule has 1 saturated carbocycles. The standard InChI is InChI=1S/C31H33Cl2N5O/c1-3-38-29-23(14-25(30(38)39)28-26(32)15-22(16-27(28)33)19-6-4-5-7-19)17-34-31(36-29)35-24-10-8-20(9-11-24)21-12-13-37(2)18-21/h8-11,14-17,19,21H,3-7,12-13,18H2,1-2H3,(H,34,35,36). The van der Waals surface area contributed by atoms with Gasteiger partial charge in [0, 0.05) is 35.9 Å². The van der Waals surface area contributed by atoms with Crippen LogP contribution in [-0.2, 0) is 6.54 Å². The molecule has 1 unspecified atom stereocenters. The quantitative estimate of drug-likeness (QED) is 0.262. The number of anilines is 2. The number of aryl methyl sites for hydroxylation is 1. The van der Waals surface area contributed by atoms with Gasteiger partial charge in [-0.25, -0.2) is 4.98 Å². The number of benzene rings is 2. The van der Waals surface area contributed by atoms with Gasteiger partial charge in [-0.05, 0) is 93.1 Å². The largest absolute Gasteiger partial charge is 0.324 e. The van der Waals surface area contributed by atoms with Crippen LogP contribution >= 0.6 is 23.2 Å². The van der Waals surface area contributed by atoms with Gasteiger partial charge < -0.3 is 10.2 Å². The molecular weight excluding hydrogens is 529 g/mol. The summed E-state index contributed by atoms with van der Waals surface area (Å²) in [6, 6.07) is 14.3. The number of aromatic nitrogens is 3. The zero-order valence-corrected chi connectivity index (χ0v) is 23.9. The average molecular weight is 563 g/mol. The third-order valence-corrected chi connectivity index (χ3v) is 8.93. The van der Waals surface area contributed by atoms with E-state index in [1.165, 1.54) is 24.8 Å². The molecule has 2 fully saturated rings. The molecule has 2 aliphatic rings. The van der Waals surface area contributed by atoms with E-state index in [1.807, 2.05) is 25.1 Å². The fourth-order valence-corrected chi connectivity index (χ4v) is 6.92. The van der Waals surface area contributed by atoms with Crippen molar-refractivity contribution in [1.82, 2.24) is 19.4 Å². The second kappa shape index (κ2) is 10.9. The van der Waals surface area contributed by atoms with Crippen LogP contribution in [0.1, 0.15) is 62.0 Å². The summed E-state index contributed by atoms with van der Waals surface area (Å²) < 4.78 is 1.66. The lowest BCUT2D eigenvalue weighted by Crippen LogP contribution is -2.22. The van der Waals surface area contributed by atoms with Crippen molar-refractivity contribution in [2.75, 3.05) is 25.5 Å². The van der Waals surface area contributed by atoms with Crippen molar-refractivity contribution < 1.29 is 0 Å². The van der Waals surface area contributed by atoms with Crippen LogP contribution in [0.4, 0.5) is 11.6 Å². The fraction of sp³-hybridized carbons (Fsp3) is 0.387. The first-order valence-electron chi connectivity index (χ1n) is 13.9. The molecule has 39 heavy (non-hydrogen) atoms. The number of likely N-dealkylation sites (N-methyl/N-ethyl adjacent to an activating group) is 1. The van der Waals surface area contributed by atoms with E-state index in [-0.39, 0.29) is 5.56 Å². The Bertz CT molecular complexity index is 1550. The second-order valence-electron chi connectivity index (χ2n) is 10.9. The number of nitrogens with one attached hydrogen (secondary N) is 1. The molecule has 0 bridgehead atoms. The minimum Gasteiger partial charge on any atom is -0.324 e. The summed E-state index contributed by atoms with van der Waals surface area (Å²) in [7, 11) is 2.17. The Kier molecular flexibility index (Phi) is 7.36. The van der Waals surface area contributed by atoms with E-state index in [0.29, 0.717) is 51.1 Å². The Hall–Kier alpha value is -2.93. The molecular formula is C31H33Cl2N5O. The minimum atomic E-state index is -0.169. The van der Waals surface area contributed by atoms with E-state index >= 15 is 0 Å². The number of likely N-dealkylation sites (tertiary alicyclic amines) is 1. The summed E-state index contributed by atoms with van der Waals surface area (Å²) in [5.74, 6) is 1.51. The molecule has 1 atom stereocenters. The molecule has 1 aliphatic carbocycles. The van der Waals surface area contributed by atoms with Crippen LogP contribution in [0.3, 0.4) is 0 Å². The Balaban J connectivity index is 1.32. The van der Waals surface area contributed by atoms with Crippen LogP contribution in [0.2, 0.25) is 10.0 Å². The highest BCUT2D eigenvalue weighted by Crippen LogP contribution is 2.41. The summed E-state index contributed by atoms with van der Waals surface area (Å²) in [6.07, 6.45) is 7.70. The number of halogens is 2. The van der Waals surface area contributed by atoms with Crippen LogP contribution in [0.25, 0.3) is 22.2 Å². The van der Waals surface area contributed by atoms with Crippen molar-refractivity contribution in [1.29, 1.82) is 0 Å². The van der Waals surface area contributed by atoms with Crippen molar-refractivity contribution in [2.45, 2.75) is 57.4 Å². The first kappa shape index (κ1) is 26.3. The van der Waals surface area contributed by atoms with Crippen molar-refractivity contribution in [3.05, 3.63) is 80.2 Å². The Morgan fingerprint density at radius 1 is 0.974 bits per heavy atom. The molecule has 2 aromatic carbocycles. The predicted octanol–water partition coefficient (Wildman–Crippen LogP) is 7.61. The van der Waals surface area contributed by atoms with E-state index in [1.54, 1.807) is 10.8 Å². The highest BCUT2D eigenvalue weighted by Gasteiger charge is 2.23. The van der Waals surface area contributed by atoms with Gasteiger partial charge >= 0.3 is 0 Å². The first-order chi connectivity index (χ1) is 18.9. The number of fused-ring (bicyclic) bond motifs is 1. The third kappa shape index (κ3) is 5.18. The van der Waals surface area contributed by atoms with Gasteiger partial charge in [-0.1, -0.05) is 48.2 Å². The molecule has 3 heterocycles. The Labute approximate surface area is 239 Å². The molecule has 4 aromatic rings. The number of hydrogen-bond acceptors (Lipinski definition) is 5. The van der Waals surface area contributed by atoms with Crippen LogP contribution in [0.15, 0.2) is 53.5 Å². The SMILES string of the molecule is CCn1c(=O)c(-c2c(Cl)cc(C3CCCC3)cc2Cl)cc2cnc(Nc3ccc(C4CCN(C)C4)cc3)nc21. The van der Waals surface area contributed by atoms with Gasteiger partial charge in [-0.2, -0.15) is 4.98 Å². The van der Waals surface area contributed by atoms with Crippen LogP contribution in [0, 0.1) is 0 Å². The topological polar surface area (TPSA) is 63.1 Å². The van der Waals surface area contributed by atoms with E-state index in [4.69, 9.17) is 28.2 Å². The van der Waals surface area contributed by atoms with Crippen LogP contribution < -0.4 is 10.9 Å². The molecule has 1 saturated heterocycles. The molecule has 202 valence electrons. The maximum atomic E-state index is 13.7. The molecule has 0 spiro atoms. The lowest BCUT2D eigenvalue weighted by Gasteiger charge is -2.16. The molecule has 0 amide bonds. The van der Waals surface area contributed by atoms with Crippen molar-refractivity contribution in [2.24, 2.45) is 0 Å². The van der Waals surface area contributed by atoms with Crippen LogP contribution in [0.5, 0.6) is 0 Å². The fourth-order valence-electron chi connectivity index (χ4n) is 6.21. The minimum absolute atomic E-state index is 0.169. The van der Waals surface area contributed by atoms with Gasteiger partial charge in [0.05, 0.1) is 15.6 Å². The van der Waals surface area contributed by atoms with E-state index in [2.05, 4.69) is 46.5 Å². The van der Waals surface area contributed by atoms with Gasteiger partial charge in [-0.15, -0.1) is 0 Å². The molecule has 0 radical (unpaired) electrons. The zero-order valence-electron chi connectivity index (χ0n) is 22.4. The van der Waals surface area contributed by atoms with Crippen molar-refractivity contribution in [3.63, 3.8) is 0 Å². The summed E-state index contributed by atoms with van der Waals surface area (Å²) in [6.45, 7) is 4.63. The van der Waals surface area contributed by atoms with E-state index in [0.717, 1.165) is 42.6 Å². The Morgan fingerprint density at radius 2 is 1.69 bits per heavy atom. The first-order valence-corrected chi connectivity index (χ1v) is 14.6. The highest BCUT2D eigenvalue weighted by atomic mass is 35.5. The second-order valence-corrected chi connectivity index (χ2v) is 11.7. The lowest BCUT2D eigenvalue weighted by atomic mass is 9.95. The summed E-state index contributed by atoms with van der Waals surface area (Å²) in [4.78, 5) is 25.3. The maximum absolute atomic E-state index is 13.7. The molecule has 1 aliphatic heterocycles. The van der Waals surface area contributed by atoms with Gasteiger partial charge in [0.1, 0.15) is 5.65 Å². The molecule has 6 rings (SSSR count). The van der Waals surface area contributed by atoms with Crippen molar-refractivity contribution in [3.8, 4) is 11.1 Å². The van der Waals surface area contributed by atoms with Crippen molar-refractivity contribution >= 4 is 45.9 Å². The molecule has 2 aromatic heterocycles. The van der Waals surface area contributed by atoms with Gasteiger partial charge in [0.15, 0.2) is 0 Å². The average Bonchev–Trinajstić information content (AvgIpc) is 3.62. The van der Waals surface area contributed by atoms with E-state index in [9.17, 15) is 4.79 Å². The van der Waals surface area contributed by atoms with E-state index < -0.39 is 0 Å². The Morgan fingerprint density at radius 3 is 2.33 bits per heavy atom. The molecule has 6 nitrogen and oxygen atoms in total. The summed E-state index contributed by atoms with van der Waals surface area (Å²) in [5, 5.41) is 5.07. The third-order valence-electron chi connectivity index (χ3n) is 8.33. The molecule has 1 N–H and O–H groups in total. The molecule has 8 heteroatoms. The summed E-state index contributed by atoms with van der Waals surface area (Å²) in [5.41, 5.74) is 4.87. The van der Waals surface area contributed by atoms with Crippen LogP contribution in [-0.4, -0.2) is 39.6 Å².